The number of benzene rings is 1. The van der Waals surface area contributed by atoms with Crippen molar-refractivity contribution < 1.29 is 0 Å². The van der Waals surface area contributed by atoms with Crippen LogP contribution in [0.1, 0.15) is 32.0 Å². The van der Waals surface area contributed by atoms with Crippen molar-refractivity contribution >= 4 is 23.2 Å². The highest BCUT2D eigenvalue weighted by Crippen LogP contribution is 2.25. The molecule has 0 saturated carbocycles. The van der Waals surface area contributed by atoms with Crippen LogP contribution in [-0.2, 0) is 6.54 Å². The monoisotopic (exact) mass is 311 g/mol. The first-order valence-corrected chi connectivity index (χ1v) is 7.27. The van der Waals surface area contributed by atoms with E-state index in [0.717, 1.165) is 23.5 Å². The van der Waals surface area contributed by atoms with E-state index in [0.29, 0.717) is 10.0 Å². The van der Waals surface area contributed by atoms with Crippen LogP contribution in [0.15, 0.2) is 24.4 Å². The standard InChI is InChI=1S/C15H19Cl2N3/c1-10-11(8-18-15(2,3)4)9-19-20(10)14-6-5-12(16)7-13(14)17/h5-7,9,18H,8H2,1-4H3. The Morgan fingerprint density at radius 2 is 1.95 bits per heavy atom. The molecule has 0 radical (unpaired) electrons. The molecule has 1 heterocycles. The van der Waals surface area contributed by atoms with Crippen LogP contribution in [0.4, 0.5) is 0 Å². The van der Waals surface area contributed by atoms with E-state index < -0.39 is 0 Å². The molecule has 0 atom stereocenters. The van der Waals surface area contributed by atoms with Crippen molar-refractivity contribution in [3.8, 4) is 5.69 Å². The van der Waals surface area contributed by atoms with Crippen LogP contribution < -0.4 is 5.32 Å². The molecule has 0 amide bonds. The van der Waals surface area contributed by atoms with Gasteiger partial charge in [0, 0.05) is 28.4 Å². The molecule has 0 spiro atoms. The molecule has 0 aliphatic carbocycles. The number of nitrogens with one attached hydrogen (secondary N) is 1. The van der Waals surface area contributed by atoms with Gasteiger partial charge in [-0.05, 0) is 45.9 Å². The summed E-state index contributed by atoms with van der Waals surface area (Å²) in [6, 6.07) is 5.43. The summed E-state index contributed by atoms with van der Waals surface area (Å²) in [5.74, 6) is 0. The van der Waals surface area contributed by atoms with Crippen molar-refractivity contribution in [2.45, 2.75) is 39.8 Å². The van der Waals surface area contributed by atoms with Crippen molar-refractivity contribution in [3.05, 3.63) is 45.7 Å². The third kappa shape index (κ3) is 3.54. The van der Waals surface area contributed by atoms with Crippen molar-refractivity contribution in [3.63, 3.8) is 0 Å². The Labute approximate surface area is 129 Å². The van der Waals surface area contributed by atoms with Crippen molar-refractivity contribution in [2.75, 3.05) is 0 Å². The van der Waals surface area contributed by atoms with Crippen molar-refractivity contribution in [1.29, 1.82) is 0 Å². The average Bonchev–Trinajstić information content (AvgIpc) is 2.67. The highest BCUT2D eigenvalue weighted by molar-refractivity contribution is 6.35. The van der Waals surface area contributed by atoms with E-state index in [2.05, 4.69) is 31.2 Å². The van der Waals surface area contributed by atoms with Crippen LogP contribution in [-0.4, -0.2) is 15.3 Å². The molecule has 0 saturated heterocycles. The van der Waals surface area contributed by atoms with Gasteiger partial charge >= 0.3 is 0 Å². The number of hydrogen-bond acceptors (Lipinski definition) is 2. The highest BCUT2D eigenvalue weighted by atomic mass is 35.5. The molecule has 1 N–H and O–H groups in total. The molecule has 0 bridgehead atoms. The Balaban J connectivity index is 2.28. The quantitative estimate of drug-likeness (QED) is 0.912. The van der Waals surface area contributed by atoms with Gasteiger partial charge in [-0.1, -0.05) is 23.2 Å². The van der Waals surface area contributed by atoms with E-state index >= 15 is 0 Å². The summed E-state index contributed by atoms with van der Waals surface area (Å²) in [7, 11) is 0. The summed E-state index contributed by atoms with van der Waals surface area (Å²) in [5.41, 5.74) is 3.15. The highest BCUT2D eigenvalue weighted by Gasteiger charge is 2.14. The summed E-state index contributed by atoms with van der Waals surface area (Å²) >= 11 is 12.2. The van der Waals surface area contributed by atoms with Crippen LogP contribution in [0.25, 0.3) is 5.69 Å². The zero-order chi connectivity index (χ0) is 14.9. The summed E-state index contributed by atoms with van der Waals surface area (Å²) in [6.45, 7) is 9.24. The minimum absolute atomic E-state index is 0.0759. The second kappa shape index (κ2) is 5.76. The lowest BCUT2D eigenvalue weighted by atomic mass is 10.1. The molecule has 1 aromatic carbocycles. The first-order chi connectivity index (χ1) is 9.28. The number of hydrogen-bond donors (Lipinski definition) is 1. The van der Waals surface area contributed by atoms with E-state index in [-0.39, 0.29) is 5.54 Å². The number of rotatable bonds is 3. The molecule has 0 fully saturated rings. The number of halogens is 2. The maximum absolute atomic E-state index is 6.23. The first kappa shape index (κ1) is 15.4. The summed E-state index contributed by atoms with van der Waals surface area (Å²) < 4.78 is 1.85. The summed E-state index contributed by atoms with van der Waals surface area (Å²) in [5, 5.41) is 9.11. The third-order valence-electron chi connectivity index (χ3n) is 3.06. The lowest BCUT2D eigenvalue weighted by molar-refractivity contribution is 0.424. The lowest BCUT2D eigenvalue weighted by Crippen LogP contribution is -2.35. The first-order valence-electron chi connectivity index (χ1n) is 6.52. The minimum atomic E-state index is 0.0759. The molecule has 20 heavy (non-hydrogen) atoms. The van der Waals surface area contributed by atoms with Gasteiger partial charge in [-0.25, -0.2) is 4.68 Å². The molecule has 0 aliphatic heterocycles. The lowest BCUT2D eigenvalue weighted by Gasteiger charge is -2.20. The Hall–Kier alpha value is -1.03. The molecule has 5 heteroatoms. The Morgan fingerprint density at radius 3 is 2.55 bits per heavy atom. The van der Waals surface area contributed by atoms with Gasteiger partial charge in [0.25, 0.3) is 0 Å². The van der Waals surface area contributed by atoms with E-state index in [9.17, 15) is 0 Å². The van der Waals surface area contributed by atoms with Crippen LogP contribution in [0.3, 0.4) is 0 Å². The second-order valence-corrected chi connectivity index (χ2v) is 6.71. The van der Waals surface area contributed by atoms with Gasteiger partial charge in [-0.15, -0.1) is 0 Å². The molecular weight excluding hydrogens is 293 g/mol. The maximum Gasteiger partial charge on any atom is 0.0836 e. The normalized spacial score (nSPS) is 11.9. The molecule has 108 valence electrons. The van der Waals surface area contributed by atoms with Gasteiger partial charge in [0.15, 0.2) is 0 Å². The predicted octanol–water partition coefficient (Wildman–Crippen LogP) is 4.38. The van der Waals surface area contributed by atoms with Gasteiger partial charge < -0.3 is 5.32 Å². The molecule has 2 rings (SSSR count). The smallest absolute Gasteiger partial charge is 0.0836 e. The fraction of sp³-hybridized carbons (Fsp3) is 0.400. The van der Waals surface area contributed by atoms with E-state index in [1.807, 2.05) is 29.9 Å². The largest absolute Gasteiger partial charge is 0.308 e. The Morgan fingerprint density at radius 1 is 1.25 bits per heavy atom. The van der Waals surface area contributed by atoms with Crippen molar-refractivity contribution in [2.24, 2.45) is 0 Å². The number of nitrogens with zero attached hydrogens (tertiary/aromatic N) is 2. The zero-order valence-corrected chi connectivity index (χ0v) is 13.7. The van der Waals surface area contributed by atoms with Crippen LogP contribution in [0.2, 0.25) is 10.0 Å². The molecule has 0 aliphatic rings. The maximum atomic E-state index is 6.23. The Bertz CT molecular complexity index is 612. The number of aromatic nitrogens is 2. The topological polar surface area (TPSA) is 29.9 Å². The van der Waals surface area contributed by atoms with Crippen LogP contribution in [0.5, 0.6) is 0 Å². The van der Waals surface area contributed by atoms with Gasteiger partial charge in [0.2, 0.25) is 0 Å². The predicted molar refractivity (Wildman–Crippen MR) is 84.9 cm³/mol. The van der Waals surface area contributed by atoms with Gasteiger partial charge in [-0.3, -0.25) is 0 Å². The van der Waals surface area contributed by atoms with Gasteiger partial charge in [0.1, 0.15) is 0 Å². The third-order valence-corrected chi connectivity index (χ3v) is 3.60. The van der Waals surface area contributed by atoms with Gasteiger partial charge in [0.05, 0.1) is 16.9 Å². The van der Waals surface area contributed by atoms with Crippen LogP contribution in [0, 0.1) is 6.92 Å². The Kier molecular flexibility index (Phi) is 4.43. The fourth-order valence-electron chi connectivity index (χ4n) is 1.87. The second-order valence-electron chi connectivity index (χ2n) is 5.87. The van der Waals surface area contributed by atoms with E-state index in [4.69, 9.17) is 23.2 Å². The van der Waals surface area contributed by atoms with Crippen molar-refractivity contribution in [1.82, 2.24) is 15.1 Å². The van der Waals surface area contributed by atoms with Crippen LogP contribution >= 0.6 is 23.2 Å². The summed E-state index contributed by atoms with van der Waals surface area (Å²) in [6.07, 6.45) is 1.87. The molecule has 0 unspecified atom stereocenters. The molecule has 3 nitrogen and oxygen atoms in total. The SMILES string of the molecule is Cc1c(CNC(C)(C)C)cnn1-c1ccc(Cl)cc1Cl. The van der Waals surface area contributed by atoms with Gasteiger partial charge in [-0.2, -0.15) is 5.10 Å². The molecular formula is C15H19Cl2N3. The minimum Gasteiger partial charge on any atom is -0.308 e. The summed E-state index contributed by atoms with van der Waals surface area (Å²) in [4.78, 5) is 0. The average molecular weight is 312 g/mol. The molecule has 1 aromatic heterocycles. The van der Waals surface area contributed by atoms with E-state index in [1.165, 1.54) is 0 Å². The fourth-order valence-corrected chi connectivity index (χ4v) is 2.36. The van der Waals surface area contributed by atoms with E-state index in [1.54, 1.807) is 6.07 Å². The zero-order valence-electron chi connectivity index (χ0n) is 12.2. The molecule has 2 aromatic rings.